The first-order chi connectivity index (χ1) is 18.9. The molecule has 2 aromatic carbocycles. The van der Waals surface area contributed by atoms with Gasteiger partial charge in [0.2, 0.25) is 11.8 Å². The number of alkyl halides is 1. The molecule has 2 atom stereocenters. The van der Waals surface area contributed by atoms with Crippen molar-refractivity contribution in [1.29, 1.82) is 0 Å². The van der Waals surface area contributed by atoms with E-state index in [1.54, 1.807) is 41.5 Å². The van der Waals surface area contributed by atoms with E-state index in [4.69, 9.17) is 0 Å². The molecule has 196 valence electrons. The van der Waals surface area contributed by atoms with Crippen LogP contribution in [0.5, 0.6) is 0 Å². The number of benzene rings is 2. The summed E-state index contributed by atoms with van der Waals surface area (Å²) in [6.45, 7) is 1.15. The monoisotopic (exact) mass is 525 g/mol. The van der Waals surface area contributed by atoms with E-state index in [0.29, 0.717) is 22.2 Å². The van der Waals surface area contributed by atoms with Crippen molar-refractivity contribution < 1.29 is 18.8 Å². The van der Waals surface area contributed by atoms with Crippen molar-refractivity contribution in [2.45, 2.75) is 32.1 Å². The molecule has 0 spiro atoms. The first kappa shape index (κ1) is 24.4. The van der Waals surface area contributed by atoms with E-state index in [9.17, 15) is 18.8 Å². The molecule has 2 amide bonds. The molecule has 0 unspecified atom stereocenters. The molecule has 11 heteroatoms. The zero-order valence-corrected chi connectivity index (χ0v) is 21.0. The number of nitrogens with one attached hydrogen (secondary N) is 2. The Bertz CT molecular complexity index is 1730. The summed E-state index contributed by atoms with van der Waals surface area (Å²) >= 11 is 0. The number of carbonyl (C=O) groups excluding carboxylic acids is 3. The maximum Gasteiger partial charge on any atom is 0.247 e. The Morgan fingerprint density at radius 3 is 2.74 bits per heavy atom. The van der Waals surface area contributed by atoms with Gasteiger partial charge in [0.25, 0.3) is 0 Å². The Morgan fingerprint density at radius 2 is 1.95 bits per heavy atom. The minimum Gasteiger partial charge on any atom is -0.337 e. The van der Waals surface area contributed by atoms with Crippen LogP contribution >= 0.6 is 0 Å². The second-order valence-corrected chi connectivity index (χ2v) is 9.65. The Labute approximate surface area is 221 Å². The second-order valence-electron chi connectivity index (χ2n) is 9.65. The number of carbonyl (C=O) groups is 3. The Morgan fingerprint density at radius 1 is 1.08 bits per heavy atom. The van der Waals surface area contributed by atoms with E-state index in [1.165, 1.54) is 11.8 Å². The number of rotatable bonds is 6. The second kappa shape index (κ2) is 9.75. The van der Waals surface area contributed by atoms with Crippen LogP contribution < -0.4 is 5.32 Å². The standard InChI is InChI=1S/C28H24FN7O3/c1-16(37)23-14-35(25-5-3-17(8-22(23)25)18-6-7-30-31-11-18)15-27(38)36-13-20(29)9-26(36)28(39)33-21-4-2-19-12-32-34-24(19)10-21/h2-8,10-12,14,20,26H,9,13,15H2,1H3,(H,32,34)(H,33,39)/t20-,26+/m1/s1. The molecular formula is C28H24FN7O3. The first-order valence-corrected chi connectivity index (χ1v) is 12.5. The lowest BCUT2D eigenvalue weighted by Gasteiger charge is -2.24. The zero-order valence-electron chi connectivity index (χ0n) is 21.0. The molecule has 3 aromatic heterocycles. The van der Waals surface area contributed by atoms with Gasteiger partial charge in [-0.25, -0.2) is 4.39 Å². The molecule has 0 saturated carbocycles. The van der Waals surface area contributed by atoms with Crippen LogP contribution in [0.4, 0.5) is 10.1 Å². The third-order valence-electron chi connectivity index (χ3n) is 7.07. The fraction of sp³-hybridized carbons (Fsp3) is 0.214. The molecule has 1 fully saturated rings. The maximum absolute atomic E-state index is 14.5. The lowest BCUT2D eigenvalue weighted by Crippen LogP contribution is -2.44. The van der Waals surface area contributed by atoms with Crippen LogP contribution in [0.1, 0.15) is 23.7 Å². The van der Waals surface area contributed by atoms with Gasteiger partial charge >= 0.3 is 0 Å². The predicted octanol–water partition coefficient (Wildman–Crippen LogP) is 3.75. The topological polar surface area (TPSA) is 126 Å². The van der Waals surface area contributed by atoms with Crippen molar-refractivity contribution in [1.82, 2.24) is 29.9 Å². The number of halogens is 1. The average Bonchev–Trinajstić information content (AvgIpc) is 3.65. The van der Waals surface area contributed by atoms with Crippen LogP contribution in [0, 0.1) is 0 Å². The summed E-state index contributed by atoms with van der Waals surface area (Å²) in [6.07, 6.45) is 5.13. The van der Waals surface area contributed by atoms with Crippen molar-refractivity contribution in [2.24, 2.45) is 0 Å². The summed E-state index contributed by atoms with van der Waals surface area (Å²) in [5, 5.41) is 18.9. The van der Waals surface area contributed by atoms with Gasteiger partial charge in [0.15, 0.2) is 5.78 Å². The number of fused-ring (bicyclic) bond motifs is 2. The van der Waals surface area contributed by atoms with Crippen molar-refractivity contribution in [2.75, 3.05) is 11.9 Å². The van der Waals surface area contributed by atoms with Crippen LogP contribution in [-0.2, 0) is 16.1 Å². The highest BCUT2D eigenvalue weighted by molar-refractivity contribution is 6.08. The molecule has 10 nitrogen and oxygen atoms in total. The summed E-state index contributed by atoms with van der Waals surface area (Å²) in [5.41, 5.74) is 4.12. The van der Waals surface area contributed by atoms with Crippen molar-refractivity contribution in [3.8, 4) is 11.1 Å². The highest BCUT2D eigenvalue weighted by Gasteiger charge is 2.40. The number of anilines is 1. The molecule has 6 rings (SSSR count). The fourth-order valence-corrected chi connectivity index (χ4v) is 5.14. The van der Waals surface area contributed by atoms with Crippen molar-refractivity contribution in [3.05, 3.63) is 72.8 Å². The number of hydrogen-bond donors (Lipinski definition) is 2. The number of ketones is 1. The van der Waals surface area contributed by atoms with Gasteiger partial charge in [-0.2, -0.15) is 15.3 Å². The lowest BCUT2D eigenvalue weighted by molar-refractivity contribution is -0.137. The smallest absolute Gasteiger partial charge is 0.247 e. The minimum atomic E-state index is -1.31. The average molecular weight is 526 g/mol. The molecule has 1 saturated heterocycles. The van der Waals surface area contributed by atoms with Crippen LogP contribution in [-0.4, -0.2) is 66.2 Å². The highest BCUT2D eigenvalue weighted by Crippen LogP contribution is 2.29. The summed E-state index contributed by atoms with van der Waals surface area (Å²) in [7, 11) is 0. The third-order valence-corrected chi connectivity index (χ3v) is 7.07. The highest BCUT2D eigenvalue weighted by atomic mass is 19.1. The van der Waals surface area contributed by atoms with Crippen LogP contribution in [0.15, 0.2) is 67.3 Å². The Hall–Kier alpha value is -4.93. The molecule has 4 heterocycles. The van der Waals surface area contributed by atoms with Gasteiger partial charge in [-0.1, -0.05) is 6.07 Å². The first-order valence-electron chi connectivity index (χ1n) is 12.5. The molecule has 39 heavy (non-hydrogen) atoms. The van der Waals surface area contributed by atoms with Gasteiger partial charge in [0, 0.05) is 45.7 Å². The van der Waals surface area contributed by atoms with E-state index in [1.807, 2.05) is 30.3 Å². The van der Waals surface area contributed by atoms with E-state index < -0.39 is 24.0 Å². The molecular weight excluding hydrogens is 501 g/mol. The lowest BCUT2D eigenvalue weighted by atomic mass is 10.0. The Kier molecular flexibility index (Phi) is 6.10. The van der Waals surface area contributed by atoms with E-state index >= 15 is 0 Å². The van der Waals surface area contributed by atoms with E-state index in [-0.39, 0.29) is 25.3 Å². The minimum absolute atomic E-state index is 0.0850. The normalized spacial score (nSPS) is 17.1. The van der Waals surface area contributed by atoms with Gasteiger partial charge < -0.3 is 14.8 Å². The molecule has 1 aliphatic heterocycles. The summed E-state index contributed by atoms with van der Waals surface area (Å²) < 4.78 is 16.2. The number of aromatic nitrogens is 5. The van der Waals surface area contributed by atoms with Gasteiger partial charge in [0.05, 0.1) is 30.7 Å². The largest absolute Gasteiger partial charge is 0.337 e. The number of H-pyrrole nitrogens is 1. The van der Waals surface area contributed by atoms with Crippen LogP contribution in [0.25, 0.3) is 32.9 Å². The van der Waals surface area contributed by atoms with Crippen LogP contribution in [0.3, 0.4) is 0 Å². The van der Waals surface area contributed by atoms with Gasteiger partial charge in [-0.05, 0) is 48.9 Å². The summed E-state index contributed by atoms with van der Waals surface area (Å²) in [6, 6.07) is 11.7. The van der Waals surface area contributed by atoms with Gasteiger partial charge in [0.1, 0.15) is 18.8 Å². The number of amides is 2. The number of likely N-dealkylation sites (tertiary alicyclic amines) is 1. The molecule has 2 N–H and O–H groups in total. The van der Waals surface area contributed by atoms with E-state index in [0.717, 1.165) is 22.0 Å². The van der Waals surface area contributed by atoms with E-state index in [2.05, 4.69) is 25.7 Å². The number of Topliss-reactive ketones (excluding diaryl/α,β-unsaturated/α-hetero) is 1. The molecule has 0 bridgehead atoms. The fourth-order valence-electron chi connectivity index (χ4n) is 5.14. The maximum atomic E-state index is 14.5. The summed E-state index contributed by atoms with van der Waals surface area (Å²) in [5.74, 6) is -1.01. The van der Waals surface area contributed by atoms with Crippen molar-refractivity contribution >= 4 is 45.1 Å². The third kappa shape index (κ3) is 4.63. The molecule has 0 aliphatic carbocycles. The summed E-state index contributed by atoms with van der Waals surface area (Å²) in [4.78, 5) is 40.3. The zero-order chi connectivity index (χ0) is 27.1. The number of aromatic amines is 1. The SMILES string of the molecule is CC(=O)c1cn(CC(=O)N2C[C@H](F)C[C@H]2C(=O)Nc2ccc3cn[nH]c3c2)c2ccc(-c3ccnnc3)cc12. The number of hydrogen-bond acceptors (Lipinski definition) is 6. The predicted molar refractivity (Wildman–Crippen MR) is 143 cm³/mol. The molecule has 0 radical (unpaired) electrons. The van der Waals surface area contributed by atoms with Crippen molar-refractivity contribution in [3.63, 3.8) is 0 Å². The Balaban J connectivity index is 1.25. The quantitative estimate of drug-likeness (QED) is 0.325. The molecule has 5 aromatic rings. The molecule has 1 aliphatic rings. The van der Waals surface area contributed by atoms with Crippen LogP contribution in [0.2, 0.25) is 0 Å². The van der Waals surface area contributed by atoms with Gasteiger partial charge in [-0.3, -0.25) is 19.5 Å². The number of nitrogens with zero attached hydrogens (tertiary/aromatic N) is 5. The van der Waals surface area contributed by atoms with Gasteiger partial charge in [-0.15, -0.1) is 0 Å².